The molecule has 0 radical (unpaired) electrons. The van der Waals surface area contributed by atoms with Crippen LogP contribution in [-0.2, 0) is 22.5 Å². The van der Waals surface area contributed by atoms with E-state index in [1.807, 2.05) is 12.1 Å². The molecule has 0 unspecified atom stereocenters. The predicted octanol–water partition coefficient (Wildman–Crippen LogP) is 0.927. The minimum absolute atomic E-state index is 0.0493. The van der Waals surface area contributed by atoms with Crippen LogP contribution in [0.4, 0.5) is 5.69 Å². The zero-order chi connectivity index (χ0) is 15.4. The average Bonchev–Trinajstić information content (AvgIpc) is 2.80. The predicted molar refractivity (Wildman–Crippen MR) is 74.9 cm³/mol. The number of aliphatic carboxylic acids is 1. The van der Waals surface area contributed by atoms with Crippen molar-refractivity contribution >= 4 is 17.6 Å². The second-order valence-corrected chi connectivity index (χ2v) is 4.46. The lowest BCUT2D eigenvalue weighted by atomic mass is 10.0. The third-order valence-corrected chi connectivity index (χ3v) is 2.96. The molecule has 0 amide bonds. The lowest BCUT2D eigenvalue weighted by molar-refractivity contribution is -0.136. The van der Waals surface area contributed by atoms with Gasteiger partial charge in [0.05, 0.1) is 25.8 Å². The summed E-state index contributed by atoms with van der Waals surface area (Å²) in [6.07, 6.45) is 1.45. The lowest BCUT2D eigenvalue weighted by Gasteiger charge is -2.07. The Labute approximate surface area is 120 Å². The Morgan fingerprint density at radius 2 is 2.00 bits per heavy atom. The largest absolute Gasteiger partial charge is 0.481 e. The van der Waals surface area contributed by atoms with Gasteiger partial charge < -0.3 is 15.6 Å². The smallest absolute Gasteiger partial charge is 0.360 e. The van der Waals surface area contributed by atoms with Crippen LogP contribution in [-0.4, -0.2) is 33.9 Å². The van der Waals surface area contributed by atoms with E-state index >= 15 is 0 Å². The molecule has 7 nitrogen and oxygen atoms in total. The number of anilines is 1. The fraction of sp³-hybridized carbons (Fsp3) is 0.214. The van der Waals surface area contributed by atoms with Crippen LogP contribution in [0.5, 0.6) is 0 Å². The van der Waals surface area contributed by atoms with E-state index in [0.29, 0.717) is 12.1 Å². The van der Waals surface area contributed by atoms with Crippen LogP contribution in [0.2, 0.25) is 0 Å². The molecule has 0 fully saturated rings. The number of nitrogens with zero attached hydrogens (tertiary/aromatic N) is 2. The van der Waals surface area contributed by atoms with Gasteiger partial charge in [-0.1, -0.05) is 24.3 Å². The van der Waals surface area contributed by atoms with Crippen LogP contribution in [0.1, 0.15) is 21.6 Å². The number of nitrogens with two attached hydrogens (primary N) is 1. The Balaban J connectivity index is 2.26. The topological polar surface area (TPSA) is 107 Å². The van der Waals surface area contributed by atoms with Crippen molar-refractivity contribution in [2.45, 2.75) is 13.0 Å². The van der Waals surface area contributed by atoms with E-state index in [2.05, 4.69) is 9.84 Å². The second-order valence-electron chi connectivity index (χ2n) is 4.46. The van der Waals surface area contributed by atoms with E-state index in [1.54, 1.807) is 12.1 Å². The van der Waals surface area contributed by atoms with E-state index in [9.17, 15) is 9.59 Å². The monoisotopic (exact) mass is 289 g/mol. The van der Waals surface area contributed by atoms with E-state index in [-0.39, 0.29) is 17.8 Å². The molecule has 2 aromatic rings. The zero-order valence-corrected chi connectivity index (χ0v) is 11.4. The summed E-state index contributed by atoms with van der Waals surface area (Å²) in [5, 5.41) is 13.0. The van der Waals surface area contributed by atoms with Gasteiger partial charge >= 0.3 is 11.9 Å². The molecule has 3 N–H and O–H groups in total. The molecule has 1 aromatic heterocycles. The van der Waals surface area contributed by atoms with Gasteiger partial charge in [0.1, 0.15) is 0 Å². The Kier molecular flexibility index (Phi) is 4.22. The zero-order valence-electron chi connectivity index (χ0n) is 11.4. The Hall–Kier alpha value is -2.83. The highest BCUT2D eigenvalue weighted by atomic mass is 16.5. The fourth-order valence-corrected chi connectivity index (χ4v) is 1.99. The van der Waals surface area contributed by atoms with Crippen LogP contribution in [0.3, 0.4) is 0 Å². The number of carbonyl (C=O) groups excluding carboxylic acids is 1. The van der Waals surface area contributed by atoms with Crippen LogP contribution >= 0.6 is 0 Å². The van der Waals surface area contributed by atoms with Gasteiger partial charge in [0.15, 0.2) is 5.69 Å². The molecule has 0 aliphatic heterocycles. The number of carboxylic acid groups (broad SMARTS) is 1. The summed E-state index contributed by atoms with van der Waals surface area (Å²) in [4.78, 5) is 22.3. The second kappa shape index (κ2) is 6.08. The third-order valence-electron chi connectivity index (χ3n) is 2.96. The van der Waals surface area contributed by atoms with Gasteiger partial charge in [-0.3, -0.25) is 9.48 Å². The normalized spacial score (nSPS) is 10.3. The molecule has 1 aromatic carbocycles. The van der Waals surface area contributed by atoms with E-state index in [4.69, 9.17) is 10.8 Å². The van der Waals surface area contributed by atoms with Crippen LogP contribution in [0, 0.1) is 0 Å². The van der Waals surface area contributed by atoms with Crippen LogP contribution in [0.25, 0.3) is 0 Å². The standard InChI is InChI=1S/C14H15N3O4/c1-21-14(20)13-11(15)8-17(16-13)7-10-5-3-2-4-9(10)6-12(18)19/h2-5,8H,6-7,15H2,1H3,(H,18,19). The van der Waals surface area contributed by atoms with Crippen molar-refractivity contribution in [1.82, 2.24) is 9.78 Å². The SMILES string of the molecule is COC(=O)c1nn(Cc2ccccc2CC(=O)O)cc1N. The maximum Gasteiger partial charge on any atom is 0.360 e. The summed E-state index contributed by atoms with van der Waals surface area (Å²) in [5.74, 6) is -1.51. The average molecular weight is 289 g/mol. The summed E-state index contributed by atoms with van der Waals surface area (Å²) in [6, 6.07) is 7.15. The van der Waals surface area contributed by atoms with Gasteiger partial charge in [-0.15, -0.1) is 0 Å². The number of ether oxygens (including phenoxy) is 1. The summed E-state index contributed by atoms with van der Waals surface area (Å²) >= 11 is 0. The quantitative estimate of drug-likeness (QED) is 0.793. The number of benzene rings is 1. The molecule has 0 spiro atoms. The fourth-order valence-electron chi connectivity index (χ4n) is 1.99. The van der Waals surface area contributed by atoms with Gasteiger partial charge in [0, 0.05) is 6.20 Å². The van der Waals surface area contributed by atoms with Gasteiger partial charge in [-0.25, -0.2) is 4.79 Å². The minimum Gasteiger partial charge on any atom is -0.481 e. The number of aromatic nitrogens is 2. The van der Waals surface area contributed by atoms with Crippen molar-refractivity contribution in [1.29, 1.82) is 0 Å². The van der Waals surface area contributed by atoms with Gasteiger partial charge in [0.25, 0.3) is 0 Å². The van der Waals surface area contributed by atoms with E-state index in [1.165, 1.54) is 18.0 Å². The number of carbonyl (C=O) groups is 2. The Bertz CT molecular complexity index is 679. The number of hydrogen-bond donors (Lipinski definition) is 2. The highest BCUT2D eigenvalue weighted by Gasteiger charge is 2.16. The van der Waals surface area contributed by atoms with Gasteiger partial charge in [0.2, 0.25) is 0 Å². The molecule has 2 rings (SSSR count). The number of nitrogen functional groups attached to an aromatic ring is 1. The molecule has 7 heteroatoms. The molecule has 0 saturated carbocycles. The number of methoxy groups -OCH3 is 1. The minimum atomic E-state index is -0.905. The first-order valence-electron chi connectivity index (χ1n) is 6.21. The summed E-state index contributed by atoms with van der Waals surface area (Å²) in [7, 11) is 1.25. The van der Waals surface area contributed by atoms with Crippen molar-refractivity contribution in [2.24, 2.45) is 0 Å². The lowest BCUT2D eigenvalue weighted by Crippen LogP contribution is -2.09. The Morgan fingerprint density at radius 3 is 2.62 bits per heavy atom. The first-order chi connectivity index (χ1) is 10.0. The number of hydrogen-bond acceptors (Lipinski definition) is 5. The first-order valence-corrected chi connectivity index (χ1v) is 6.21. The van der Waals surface area contributed by atoms with Crippen molar-refractivity contribution < 1.29 is 19.4 Å². The molecule has 21 heavy (non-hydrogen) atoms. The summed E-state index contributed by atoms with van der Waals surface area (Å²) in [5.41, 5.74) is 7.48. The molecule has 0 bridgehead atoms. The van der Waals surface area contributed by atoms with Crippen molar-refractivity contribution in [3.8, 4) is 0 Å². The maximum absolute atomic E-state index is 11.5. The molecular formula is C14H15N3O4. The molecule has 0 aliphatic carbocycles. The highest BCUT2D eigenvalue weighted by molar-refractivity contribution is 5.92. The maximum atomic E-state index is 11.5. The van der Waals surface area contributed by atoms with Crippen molar-refractivity contribution in [3.63, 3.8) is 0 Å². The first kappa shape index (κ1) is 14.6. The van der Waals surface area contributed by atoms with Crippen molar-refractivity contribution in [3.05, 3.63) is 47.3 Å². The van der Waals surface area contributed by atoms with E-state index in [0.717, 1.165) is 5.56 Å². The van der Waals surface area contributed by atoms with Crippen LogP contribution < -0.4 is 5.73 Å². The van der Waals surface area contributed by atoms with Crippen LogP contribution in [0.15, 0.2) is 30.5 Å². The highest BCUT2D eigenvalue weighted by Crippen LogP contribution is 2.15. The summed E-state index contributed by atoms with van der Waals surface area (Å²) in [6.45, 7) is 0.324. The van der Waals surface area contributed by atoms with Gasteiger partial charge in [-0.05, 0) is 11.1 Å². The molecule has 0 aliphatic rings. The summed E-state index contributed by atoms with van der Waals surface area (Å²) < 4.78 is 6.07. The molecule has 1 heterocycles. The molecule has 0 atom stereocenters. The number of esters is 1. The van der Waals surface area contributed by atoms with Gasteiger partial charge in [-0.2, -0.15) is 5.10 Å². The third kappa shape index (κ3) is 3.38. The number of carboxylic acids is 1. The van der Waals surface area contributed by atoms with Crippen molar-refractivity contribution in [2.75, 3.05) is 12.8 Å². The molecule has 0 saturated heterocycles. The van der Waals surface area contributed by atoms with E-state index < -0.39 is 11.9 Å². The molecule has 110 valence electrons. The molecular weight excluding hydrogens is 274 g/mol. The number of rotatable bonds is 5. The Morgan fingerprint density at radius 1 is 1.33 bits per heavy atom.